The van der Waals surface area contributed by atoms with E-state index >= 15 is 0 Å². The van der Waals surface area contributed by atoms with Crippen LogP contribution in [0.1, 0.15) is 54.1 Å². The van der Waals surface area contributed by atoms with Crippen LogP contribution in [0.5, 0.6) is 0 Å². The van der Waals surface area contributed by atoms with Crippen LogP contribution in [-0.2, 0) is 13.0 Å². The molecule has 0 saturated heterocycles. The van der Waals surface area contributed by atoms with Gasteiger partial charge >= 0.3 is 0 Å². The topological polar surface area (TPSA) is 68.0 Å². The molecule has 0 atom stereocenters. The normalized spacial score (nSPS) is 10.5. The van der Waals surface area contributed by atoms with E-state index < -0.39 is 0 Å². The summed E-state index contributed by atoms with van der Waals surface area (Å²) in [5.74, 6) is 0.0682. The Labute approximate surface area is 138 Å². The maximum Gasteiger partial charge on any atom is 0.255 e. The smallest absolute Gasteiger partial charge is 0.255 e. The summed E-state index contributed by atoms with van der Waals surface area (Å²) in [5.41, 5.74) is 8.57. The lowest BCUT2D eigenvalue weighted by molar-refractivity contribution is 0.0951. The van der Waals surface area contributed by atoms with Crippen molar-refractivity contribution in [2.45, 2.75) is 45.6 Å². The van der Waals surface area contributed by atoms with Gasteiger partial charge in [-0.2, -0.15) is 0 Å². The minimum Gasteiger partial charge on any atom is -0.383 e. The molecule has 1 aromatic carbocycles. The molecule has 2 rings (SSSR count). The number of nitrogens with two attached hydrogens (primary N) is 1. The largest absolute Gasteiger partial charge is 0.383 e. The highest BCUT2D eigenvalue weighted by Crippen LogP contribution is 2.11. The number of carbonyl (C=O) groups excluding carboxylic acids is 1. The number of amides is 1. The van der Waals surface area contributed by atoms with E-state index in [0.717, 1.165) is 12.0 Å². The number of benzene rings is 1. The van der Waals surface area contributed by atoms with Crippen molar-refractivity contribution in [1.82, 2.24) is 10.3 Å². The number of carbonyl (C=O) groups is 1. The molecule has 0 fully saturated rings. The summed E-state index contributed by atoms with van der Waals surface area (Å²) in [5, 5.41) is 2.90. The van der Waals surface area contributed by atoms with Crippen LogP contribution in [0.25, 0.3) is 0 Å². The van der Waals surface area contributed by atoms with Gasteiger partial charge in [0.05, 0.1) is 5.56 Å². The average Bonchev–Trinajstić information content (AvgIpc) is 2.57. The molecule has 4 nitrogen and oxygen atoms in total. The molecule has 0 aliphatic rings. The molecular formula is C19H25N3O. The molecule has 0 bridgehead atoms. The molecule has 0 aliphatic heterocycles. The monoisotopic (exact) mass is 311 g/mol. The third-order valence-electron chi connectivity index (χ3n) is 3.85. The van der Waals surface area contributed by atoms with Crippen LogP contribution < -0.4 is 11.1 Å². The Hall–Kier alpha value is -2.36. The summed E-state index contributed by atoms with van der Waals surface area (Å²) in [6, 6.07) is 11.8. The van der Waals surface area contributed by atoms with Crippen LogP contribution >= 0.6 is 0 Å². The van der Waals surface area contributed by atoms with E-state index in [1.807, 2.05) is 6.07 Å². The Morgan fingerprint density at radius 2 is 1.96 bits per heavy atom. The van der Waals surface area contributed by atoms with Crippen LogP contribution in [-0.4, -0.2) is 10.9 Å². The summed E-state index contributed by atoms with van der Waals surface area (Å²) in [6.45, 7) is 2.72. The van der Waals surface area contributed by atoms with E-state index in [1.165, 1.54) is 31.2 Å². The van der Waals surface area contributed by atoms with E-state index in [9.17, 15) is 4.79 Å². The first-order valence-electron chi connectivity index (χ1n) is 8.27. The number of pyridine rings is 1. The van der Waals surface area contributed by atoms with E-state index in [0.29, 0.717) is 12.1 Å². The first-order chi connectivity index (χ1) is 11.2. The van der Waals surface area contributed by atoms with E-state index in [4.69, 9.17) is 5.73 Å². The highest BCUT2D eigenvalue weighted by atomic mass is 16.1. The number of nitrogen functional groups attached to an aromatic ring is 1. The molecule has 0 spiro atoms. The average molecular weight is 311 g/mol. The molecule has 1 amide bonds. The zero-order chi connectivity index (χ0) is 16.5. The molecule has 0 unspecified atom stereocenters. The van der Waals surface area contributed by atoms with Crippen molar-refractivity contribution in [2.75, 3.05) is 5.73 Å². The Balaban J connectivity index is 1.88. The second-order valence-corrected chi connectivity index (χ2v) is 5.75. The van der Waals surface area contributed by atoms with Crippen molar-refractivity contribution >= 4 is 11.7 Å². The number of unbranched alkanes of at least 4 members (excludes halogenated alkanes) is 3. The maximum atomic E-state index is 12.1. The lowest BCUT2D eigenvalue weighted by Gasteiger charge is -2.08. The summed E-state index contributed by atoms with van der Waals surface area (Å²) in [6.07, 6.45) is 7.71. The van der Waals surface area contributed by atoms with E-state index in [-0.39, 0.29) is 11.7 Å². The minimum absolute atomic E-state index is 0.191. The predicted molar refractivity (Wildman–Crippen MR) is 94.1 cm³/mol. The Bertz CT molecular complexity index is 640. The lowest BCUT2D eigenvalue weighted by atomic mass is 10.0. The number of rotatable bonds is 8. The summed E-state index contributed by atoms with van der Waals surface area (Å²) in [4.78, 5) is 16.1. The molecule has 2 aromatic rings. The summed E-state index contributed by atoms with van der Waals surface area (Å²) < 4.78 is 0. The number of nitrogens with zero attached hydrogens (tertiary/aromatic N) is 1. The number of aryl methyl sites for hydroxylation is 1. The van der Waals surface area contributed by atoms with Crippen molar-refractivity contribution in [3.8, 4) is 0 Å². The van der Waals surface area contributed by atoms with Crippen molar-refractivity contribution in [2.24, 2.45) is 0 Å². The second-order valence-electron chi connectivity index (χ2n) is 5.75. The zero-order valence-electron chi connectivity index (χ0n) is 13.7. The van der Waals surface area contributed by atoms with Crippen LogP contribution in [0.2, 0.25) is 0 Å². The van der Waals surface area contributed by atoms with E-state index in [2.05, 4.69) is 35.4 Å². The van der Waals surface area contributed by atoms with Gasteiger partial charge in [0.15, 0.2) is 0 Å². The highest BCUT2D eigenvalue weighted by Gasteiger charge is 2.09. The first-order valence-corrected chi connectivity index (χ1v) is 8.27. The number of hydrogen-bond donors (Lipinski definition) is 2. The fourth-order valence-corrected chi connectivity index (χ4v) is 2.54. The fraction of sp³-hybridized carbons (Fsp3) is 0.368. The van der Waals surface area contributed by atoms with Crippen molar-refractivity contribution in [3.63, 3.8) is 0 Å². The second kappa shape index (κ2) is 8.93. The van der Waals surface area contributed by atoms with Gasteiger partial charge in [-0.05, 0) is 36.1 Å². The van der Waals surface area contributed by atoms with Gasteiger partial charge in [0, 0.05) is 12.7 Å². The number of anilines is 1. The Kier molecular flexibility index (Phi) is 6.60. The molecule has 1 heterocycles. The predicted octanol–water partition coefficient (Wildman–Crippen LogP) is 3.72. The maximum absolute atomic E-state index is 12.1. The van der Waals surface area contributed by atoms with Crippen LogP contribution in [0.15, 0.2) is 42.6 Å². The van der Waals surface area contributed by atoms with Crippen LogP contribution in [0.3, 0.4) is 0 Å². The van der Waals surface area contributed by atoms with Crippen LogP contribution in [0.4, 0.5) is 5.82 Å². The van der Waals surface area contributed by atoms with Crippen LogP contribution in [0, 0.1) is 0 Å². The molecule has 1 aromatic heterocycles. The molecule has 4 heteroatoms. The number of nitrogens with one attached hydrogen (secondary N) is 1. The molecule has 0 radical (unpaired) electrons. The minimum atomic E-state index is -0.191. The standard InChI is InChI=1S/C19H25N3O/c1-2-3-4-5-8-15-9-6-10-16(13-15)14-22-19(23)17-11-7-12-21-18(17)20/h6-7,9-13H,2-5,8,14H2,1H3,(H2,20,21)(H,22,23). The van der Waals surface area contributed by atoms with Gasteiger partial charge in [-0.25, -0.2) is 4.98 Å². The summed E-state index contributed by atoms with van der Waals surface area (Å²) in [7, 11) is 0. The molecule has 23 heavy (non-hydrogen) atoms. The van der Waals surface area contributed by atoms with Gasteiger partial charge in [0.2, 0.25) is 0 Å². The molecule has 0 saturated carbocycles. The zero-order valence-corrected chi connectivity index (χ0v) is 13.7. The number of aromatic nitrogens is 1. The molecular weight excluding hydrogens is 286 g/mol. The van der Waals surface area contributed by atoms with Gasteiger partial charge in [-0.1, -0.05) is 50.5 Å². The molecule has 0 aliphatic carbocycles. The van der Waals surface area contributed by atoms with Gasteiger partial charge in [0.1, 0.15) is 5.82 Å². The fourth-order valence-electron chi connectivity index (χ4n) is 2.54. The van der Waals surface area contributed by atoms with Crippen molar-refractivity contribution < 1.29 is 4.79 Å². The van der Waals surface area contributed by atoms with Gasteiger partial charge < -0.3 is 11.1 Å². The molecule has 122 valence electrons. The molecule has 3 N–H and O–H groups in total. The van der Waals surface area contributed by atoms with Gasteiger partial charge in [0.25, 0.3) is 5.91 Å². The third kappa shape index (κ3) is 5.40. The van der Waals surface area contributed by atoms with Crippen molar-refractivity contribution in [3.05, 3.63) is 59.3 Å². The quantitative estimate of drug-likeness (QED) is 0.730. The first kappa shape index (κ1) is 17.0. The van der Waals surface area contributed by atoms with E-state index in [1.54, 1.807) is 18.3 Å². The summed E-state index contributed by atoms with van der Waals surface area (Å²) >= 11 is 0. The third-order valence-corrected chi connectivity index (χ3v) is 3.85. The Morgan fingerprint density at radius 1 is 1.13 bits per heavy atom. The Morgan fingerprint density at radius 3 is 2.74 bits per heavy atom. The number of hydrogen-bond acceptors (Lipinski definition) is 3. The highest BCUT2D eigenvalue weighted by molar-refractivity contribution is 5.98. The van der Waals surface area contributed by atoms with Gasteiger partial charge in [-0.3, -0.25) is 4.79 Å². The van der Waals surface area contributed by atoms with Gasteiger partial charge in [-0.15, -0.1) is 0 Å². The lowest BCUT2D eigenvalue weighted by Crippen LogP contribution is -2.24. The van der Waals surface area contributed by atoms with Crippen molar-refractivity contribution in [1.29, 1.82) is 0 Å². The SMILES string of the molecule is CCCCCCc1cccc(CNC(=O)c2cccnc2N)c1.